The summed E-state index contributed by atoms with van der Waals surface area (Å²) in [5, 5.41) is 9.20. The molecule has 4 heteroatoms. The summed E-state index contributed by atoms with van der Waals surface area (Å²) in [6.07, 6.45) is 0.616. The average Bonchev–Trinajstić information content (AvgIpc) is 2.93. The van der Waals surface area contributed by atoms with Gasteiger partial charge in [0.25, 0.3) is 0 Å². The van der Waals surface area contributed by atoms with Crippen LogP contribution in [0, 0.1) is 0 Å². The van der Waals surface area contributed by atoms with Crippen molar-refractivity contribution in [3.63, 3.8) is 0 Å². The Balaban J connectivity index is 2.30. The molecule has 3 rings (SSSR count). The minimum absolute atomic E-state index is 0.162. The molecular weight excluding hydrogens is 266 g/mol. The number of carbonyl (C=O) groups excluding carboxylic acids is 2. The molecule has 0 saturated heterocycles. The van der Waals surface area contributed by atoms with E-state index in [4.69, 9.17) is 0 Å². The van der Waals surface area contributed by atoms with Crippen LogP contribution in [-0.4, -0.2) is 21.2 Å². The Hall–Kier alpha value is -2.62. The molecule has 106 valence electrons. The van der Waals surface area contributed by atoms with E-state index in [2.05, 4.69) is 0 Å². The molecular formula is C17H15NO3. The molecule has 0 fully saturated rings. The van der Waals surface area contributed by atoms with Gasteiger partial charge in [-0.25, -0.2) is 0 Å². The molecule has 0 unspecified atom stereocenters. The molecule has 4 nitrogen and oxygen atoms in total. The van der Waals surface area contributed by atoms with Crippen molar-refractivity contribution < 1.29 is 14.7 Å². The van der Waals surface area contributed by atoms with Gasteiger partial charge in [-0.2, -0.15) is 0 Å². The Labute approximate surface area is 122 Å². The molecule has 0 atom stereocenters. The van der Waals surface area contributed by atoms with Gasteiger partial charge in [0.15, 0.2) is 5.78 Å². The Morgan fingerprint density at radius 3 is 2.24 bits per heavy atom. The van der Waals surface area contributed by atoms with Gasteiger partial charge in [0, 0.05) is 5.69 Å². The zero-order valence-electron chi connectivity index (χ0n) is 11.8. The number of nitrogens with zero attached hydrogens (tertiary/aromatic N) is 1. The van der Waals surface area contributed by atoms with Crippen LogP contribution in [-0.2, 0) is 10.3 Å². The third kappa shape index (κ3) is 1.76. The summed E-state index contributed by atoms with van der Waals surface area (Å²) in [7, 11) is 0. The number of carbonyl (C=O) groups is 2. The lowest BCUT2D eigenvalue weighted by molar-refractivity contribution is -0.122. The van der Waals surface area contributed by atoms with Crippen LogP contribution in [0.1, 0.15) is 24.3 Å². The number of benzene rings is 1. The highest BCUT2D eigenvalue weighted by Crippen LogP contribution is 2.36. The van der Waals surface area contributed by atoms with E-state index >= 15 is 0 Å². The van der Waals surface area contributed by atoms with Crippen molar-refractivity contribution >= 4 is 11.6 Å². The SMILES string of the molecule is CC1(C)C(=O)C(=CO)C(=O)c2ccc(-c3ccccc3)n21. The molecule has 1 aromatic heterocycles. The van der Waals surface area contributed by atoms with E-state index in [1.807, 2.05) is 36.4 Å². The zero-order chi connectivity index (χ0) is 15.2. The summed E-state index contributed by atoms with van der Waals surface area (Å²) < 4.78 is 1.75. The van der Waals surface area contributed by atoms with Crippen LogP contribution in [0.4, 0.5) is 0 Å². The van der Waals surface area contributed by atoms with Gasteiger partial charge in [0.1, 0.15) is 11.1 Å². The molecule has 0 spiro atoms. The molecule has 2 aromatic rings. The van der Waals surface area contributed by atoms with Gasteiger partial charge in [-0.1, -0.05) is 30.3 Å². The topological polar surface area (TPSA) is 59.3 Å². The van der Waals surface area contributed by atoms with Crippen LogP contribution in [0.3, 0.4) is 0 Å². The summed E-state index contributed by atoms with van der Waals surface area (Å²) in [6.45, 7) is 3.50. The number of rotatable bonds is 1. The second-order valence-corrected chi connectivity index (χ2v) is 5.57. The molecule has 1 aromatic carbocycles. The van der Waals surface area contributed by atoms with Crippen molar-refractivity contribution in [3.05, 3.63) is 60.0 Å². The van der Waals surface area contributed by atoms with E-state index in [9.17, 15) is 14.7 Å². The number of Topliss-reactive ketones (excluding diaryl/α,β-unsaturated/α-hetero) is 2. The predicted molar refractivity (Wildman–Crippen MR) is 79.2 cm³/mol. The fourth-order valence-corrected chi connectivity index (χ4v) is 2.84. The van der Waals surface area contributed by atoms with Crippen molar-refractivity contribution in [1.29, 1.82) is 0 Å². The minimum atomic E-state index is -0.924. The summed E-state index contributed by atoms with van der Waals surface area (Å²) in [4.78, 5) is 24.8. The molecule has 0 saturated carbocycles. The maximum absolute atomic E-state index is 12.5. The van der Waals surface area contributed by atoms with Gasteiger partial charge < -0.3 is 9.67 Å². The Morgan fingerprint density at radius 1 is 1.00 bits per heavy atom. The number of ketones is 2. The standard InChI is InChI=1S/C17H15NO3/c1-17(2)16(21)12(10-19)15(20)14-9-8-13(18(14)17)11-6-4-3-5-7-11/h3-10,19H,1-2H3. The third-order valence-corrected chi connectivity index (χ3v) is 3.92. The second kappa shape index (κ2) is 4.45. The van der Waals surface area contributed by atoms with Crippen LogP contribution in [0.15, 0.2) is 54.3 Å². The fourth-order valence-electron chi connectivity index (χ4n) is 2.84. The highest BCUT2D eigenvalue weighted by molar-refractivity contribution is 6.29. The largest absolute Gasteiger partial charge is 0.515 e. The molecule has 0 radical (unpaired) electrons. The molecule has 0 bridgehead atoms. The van der Waals surface area contributed by atoms with Crippen LogP contribution in [0.25, 0.3) is 11.3 Å². The maximum atomic E-state index is 12.5. The van der Waals surface area contributed by atoms with Gasteiger partial charge in [-0.15, -0.1) is 0 Å². The van der Waals surface area contributed by atoms with Crippen molar-refractivity contribution in [2.75, 3.05) is 0 Å². The van der Waals surface area contributed by atoms with Crippen molar-refractivity contribution in [1.82, 2.24) is 4.57 Å². The highest BCUT2D eigenvalue weighted by Gasteiger charge is 2.43. The van der Waals surface area contributed by atoms with E-state index < -0.39 is 11.3 Å². The highest BCUT2D eigenvalue weighted by atomic mass is 16.2. The summed E-state index contributed by atoms with van der Waals surface area (Å²) in [6, 6.07) is 13.1. The van der Waals surface area contributed by atoms with Crippen molar-refractivity contribution in [2.24, 2.45) is 0 Å². The number of aliphatic hydroxyl groups excluding tert-OH is 1. The van der Waals surface area contributed by atoms with E-state index in [1.54, 1.807) is 24.5 Å². The molecule has 1 aliphatic heterocycles. The van der Waals surface area contributed by atoms with Gasteiger partial charge >= 0.3 is 0 Å². The zero-order valence-corrected chi connectivity index (χ0v) is 11.8. The number of aromatic nitrogens is 1. The summed E-state index contributed by atoms with van der Waals surface area (Å²) in [5.41, 5.74) is 1.08. The summed E-state index contributed by atoms with van der Waals surface area (Å²) in [5.74, 6) is -0.820. The number of allylic oxidation sites excluding steroid dienone is 1. The first-order valence-corrected chi connectivity index (χ1v) is 6.70. The van der Waals surface area contributed by atoms with Gasteiger partial charge in [0.2, 0.25) is 5.78 Å². The maximum Gasteiger partial charge on any atom is 0.216 e. The lowest BCUT2D eigenvalue weighted by Gasteiger charge is -2.34. The molecule has 1 N–H and O–H groups in total. The van der Waals surface area contributed by atoms with Crippen LogP contribution < -0.4 is 0 Å². The predicted octanol–water partition coefficient (Wildman–Crippen LogP) is 3.10. The quantitative estimate of drug-likeness (QED) is 0.496. The molecule has 1 aliphatic rings. The molecule has 21 heavy (non-hydrogen) atoms. The number of hydrogen-bond acceptors (Lipinski definition) is 3. The lowest BCUT2D eigenvalue weighted by Crippen LogP contribution is -2.45. The van der Waals surface area contributed by atoms with Gasteiger partial charge in [0.05, 0.1) is 12.0 Å². The first kappa shape index (κ1) is 13.4. The second-order valence-electron chi connectivity index (χ2n) is 5.57. The Kier molecular flexibility index (Phi) is 2.83. The van der Waals surface area contributed by atoms with Crippen LogP contribution >= 0.6 is 0 Å². The lowest BCUT2D eigenvalue weighted by atomic mass is 9.85. The smallest absolute Gasteiger partial charge is 0.216 e. The van der Waals surface area contributed by atoms with E-state index in [1.165, 1.54) is 0 Å². The first-order chi connectivity index (χ1) is 9.98. The van der Waals surface area contributed by atoms with Gasteiger partial charge in [-0.3, -0.25) is 9.59 Å². The van der Waals surface area contributed by atoms with E-state index in [-0.39, 0.29) is 11.4 Å². The monoisotopic (exact) mass is 281 g/mol. The normalized spacial score (nSPS) is 18.9. The third-order valence-electron chi connectivity index (χ3n) is 3.92. The van der Waals surface area contributed by atoms with E-state index in [0.29, 0.717) is 12.0 Å². The first-order valence-electron chi connectivity index (χ1n) is 6.70. The van der Waals surface area contributed by atoms with E-state index in [0.717, 1.165) is 11.3 Å². The average molecular weight is 281 g/mol. The van der Waals surface area contributed by atoms with Crippen LogP contribution in [0.5, 0.6) is 0 Å². The number of aliphatic hydroxyl groups is 1. The minimum Gasteiger partial charge on any atom is -0.515 e. The van der Waals surface area contributed by atoms with Gasteiger partial charge in [-0.05, 0) is 31.5 Å². The Morgan fingerprint density at radius 2 is 1.62 bits per heavy atom. The summed E-state index contributed by atoms with van der Waals surface area (Å²) >= 11 is 0. The number of hydrogen-bond donors (Lipinski definition) is 1. The fraction of sp³-hybridized carbons (Fsp3) is 0.176. The molecule has 0 amide bonds. The van der Waals surface area contributed by atoms with Crippen molar-refractivity contribution in [3.8, 4) is 11.3 Å². The number of fused-ring (bicyclic) bond motifs is 1. The van der Waals surface area contributed by atoms with Crippen molar-refractivity contribution in [2.45, 2.75) is 19.4 Å². The molecule has 0 aliphatic carbocycles. The molecule has 2 heterocycles. The Bertz CT molecular complexity index is 767. The van der Waals surface area contributed by atoms with Crippen LogP contribution in [0.2, 0.25) is 0 Å².